The summed E-state index contributed by atoms with van der Waals surface area (Å²) < 4.78 is 0. The summed E-state index contributed by atoms with van der Waals surface area (Å²) >= 11 is 0. The third-order valence-electron chi connectivity index (χ3n) is 3.49. The number of carboxylic acid groups (broad SMARTS) is 2. The molecule has 140 valence electrons. The number of carbonyl (C=O) groups is 2. The third kappa shape index (κ3) is 8.76. The lowest BCUT2D eigenvalue weighted by atomic mass is 10.1. The Balaban J connectivity index is -0.000000308. The molecule has 0 aromatic carbocycles. The average molecular weight is 344 g/mol. The van der Waals surface area contributed by atoms with E-state index in [4.69, 9.17) is 20.4 Å². The first kappa shape index (κ1) is 26.6. The highest BCUT2D eigenvalue weighted by molar-refractivity contribution is 5.83. The molecule has 0 radical (unpaired) electrons. The Hall–Kier alpha value is -1.34. The molecule has 0 saturated carbocycles. The Labute approximate surface area is 133 Å². The van der Waals surface area contributed by atoms with Crippen molar-refractivity contribution in [2.75, 3.05) is 13.1 Å². The van der Waals surface area contributed by atoms with Gasteiger partial charge in [-0.3, -0.25) is 0 Å². The van der Waals surface area contributed by atoms with Crippen LogP contribution in [-0.4, -0.2) is 86.2 Å². The first-order valence-corrected chi connectivity index (χ1v) is 6.72. The van der Waals surface area contributed by atoms with Crippen LogP contribution in [0.2, 0.25) is 0 Å². The number of aliphatic carboxylic acids is 2. The van der Waals surface area contributed by atoms with Crippen LogP contribution in [0.15, 0.2) is 0 Å². The highest BCUT2D eigenvalue weighted by atomic mass is 16.4. The fourth-order valence-electron chi connectivity index (χ4n) is 2.38. The minimum Gasteiger partial charge on any atom is -0.479 e. The molecule has 2 aliphatic rings. The molecule has 23 heavy (non-hydrogen) atoms. The molecule has 0 aromatic heterocycles. The van der Waals surface area contributed by atoms with E-state index in [1.54, 1.807) is 0 Å². The van der Waals surface area contributed by atoms with Crippen LogP contribution in [0.4, 0.5) is 0 Å². The molecule has 0 amide bonds. The quantitative estimate of drug-likeness (QED) is 0.292. The zero-order chi connectivity index (χ0) is 15.1. The van der Waals surface area contributed by atoms with E-state index in [0.717, 1.165) is 12.1 Å². The van der Waals surface area contributed by atoms with Gasteiger partial charge in [-0.2, -0.15) is 0 Å². The Morgan fingerprint density at radius 1 is 0.783 bits per heavy atom. The summed E-state index contributed by atoms with van der Waals surface area (Å²) in [7, 11) is 0. The van der Waals surface area contributed by atoms with Crippen molar-refractivity contribution >= 4 is 11.9 Å². The molecule has 0 aliphatic carbocycles. The summed E-state index contributed by atoms with van der Waals surface area (Å²) in [6, 6.07) is 1.59. The number of hydrogen-bond acceptors (Lipinski definition) is 6. The maximum atomic E-state index is 9.77. The largest absolute Gasteiger partial charge is 0.479 e. The van der Waals surface area contributed by atoms with E-state index in [0.29, 0.717) is 0 Å². The molecule has 2 aliphatic heterocycles. The van der Waals surface area contributed by atoms with Crippen molar-refractivity contribution in [1.29, 1.82) is 0 Å². The van der Waals surface area contributed by atoms with Crippen LogP contribution in [-0.2, 0) is 9.59 Å². The molecule has 0 aromatic rings. The minimum atomic E-state index is -2.27. The molecule has 2 saturated heterocycles. The van der Waals surface area contributed by atoms with Crippen LogP contribution in [0.1, 0.15) is 25.7 Å². The van der Waals surface area contributed by atoms with E-state index in [1.165, 1.54) is 38.8 Å². The van der Waals surface area contributed by atoms with Crippen molar-refractivity contribution in [1.82, 2.24) is 10.6 Å². The van der Waals surface area contributed by atoms with E-state index >= 15 is 0 Å². The highest BCUT2D eigenvalue weighted by Crippen LogP contribution is 2.16. The Kier molecular flexibility index (Phi) is 15.2. The first-order valence-electron chi connectivity index (χ1n) is 6.72. The van der Waals surface area contributed by atoms with Crippen LogP contribution < -0.4 is 10.6 Å². The lowest BCUT2D eigenvalue weighted by molar-refractivity contribution is -0.165. The van der Waals surface area contributed by atoms with Gasteiger partial charge in [0.1, 0.15) is 0 Å². The van der Waals surface area contributed by atoms with Crippen LogP contribution in [0, 0.1) is 0 Å². The maximum absolute atomic E-state index is 9.77. The number of aliphatic hydroxyl groups excluding tert-OH is 2. The molecule has 12 N–H and O–H groups in total. The molecule has 2 rings (SSSR count). The van der Waals surface area contributed by atoms with Crippen molar-refractivity contribution in [2.24, 2.45) is 0 Å². The summed E-state index contributed by atoms with van der Waals surface area (Å²) in [4.78, 5) is 19.5. The Morgan fingerprint density at radius 2 is 1.09 bits per heavy atom. The van der Waals surface area contributed by atoms with Crippen LogP contribution in [0.3, 0.4) is 0 Å². The van der Waals surface area contributed by atoms with Gasteiger partial charge in [0, 0.05) is 12.1 Å². The van der Waals surface area contributed by atoms with Crippen molar-refractivity contribution < 1.29 is 46.4 Å². The second-order valence-electron chi connectivity index (χ2n) is 4.97. The van der Waals surface area contributed by atoms with Crippen LogP contribution >= 0.6 is 0 Å². The van der Waals surface area contributed by atoms with E-state index in [9.17, 15) is 9.59 Å². The average Bonchev–Trinajstić information content (AvgIpc) is 3.08. The van der Waals surface area contributed by atoms with Gasteiger partial charge in [-0.05, 0) is 38.8 Å². The van der Waals surface area contributed by atoms with Crippen LogP contribution in [0.5, 0.6) is 0 Å². The number of carboxylic acids is 2. The molecule has 11 heteroatoms. The summed E-state index contributed by atoms with van der Waals surface area (Å²) in [6.07, 6.45) is 0.996. The fourth-order valence-corrected chi connectivity index (χ4v) is 2.38. The predicted molar refractivity (Wildman–Crippen MR) is 80.2 cm³/mol. The van der Waals surface area contributed by atoms with Gasteiger partial charge >= 0.3 is 11.9 Å². The SMILES string of the molecule is C1CN[C@@H]([C@H]2CCCN2)C1.O.O.O.O=C(O)C(O)C(O)C(=O)O. The molecule has 11 nitrogen and oxygen atoms in total. The fraction of sp³-hybridized carbons (Fsp3) is 0.833. The van der Waals surface area contributed by atoms with Gasteiger partial charge in [0.05, 0.1) is 0 Å². The molecule has 4 atom stereocenters. The van der Waals surface area contributed by atoms with Crippen molar-refractivity contribution in [3.8, 4) is 0 Å². The topological polar surface area (TPSA) is 234 Å². The first-order chi connectivity index (χ1) is 9.43. The zero-order valence-electron chi connectivity index (χ0n) is 12.7. The van der Waals surface area contributed by atoms with Gasteiger partial charge in [-0.25, -0.2) is 9.59 Å². The minimum absolute atomic E-state index is 0. The van der Waals surface area contributed by atoms with Gasteiger partial charge in [-0.1, -0.05) is 0 Å². The summed E-state index contributed by atoms with van der Waals surface area (Å²) in [5, 5.41) is 39.6. The van der Waals surface area contributed by atoms with Crippen molar-refractivity contribution in [2.45, 2.75) is 50.0 Å². The molecule has 2 unspecified atom stereocenters. The molecule has 0 bridgehead atoms. The second kappa shape index (κ2) is 13.1. The van der Waals surface area contributed by atoms with Gasteiger partial charge in [-0.15, -0.1) is 0 Å². The molecule has 2 heterocycles. The number of rotatable bonds is 4. The number of aliphatic hydroxyl groups is 2. The Morgan fingerprint density at radius 3 is 1.26 bits per heavy atom. The van der Waals surface area contributed by atoms with E-state index in [1.807, 2.05) is 0 Å². The van der Waals surface area contributed by atoms with Gasteiger partial charge in [0.25, 0.3) is 0 Å². The van der Waals surface area contributed by atoms with Crippen molar-refractivity contribution in [3.05, 3.63) is 0 Å². The molecular formula is C12H28N2O9. The zero-order valence-corrected chi connectivity index (χ0v) is 12.7. The predicted octanol–water partition coefficient (Wildman–Crippen LogP) is -4.11. The van der Waals surface area contributed by atoms with Gasteiger partial charge < -0.3 is 47.5 Å². The smallest absolute Gasteiger partial charge is 0.335 e. The Bertz CT molecular complexity index is 298. The summed E-state index contributed by atoms with van der Waals surface area (Å²) in [5.41, 5.74) is 0. The van der Waals surface area contributed by atoms with E-state index in [2.05, 4.69) is 10.6 Å². The standard InChI is InChI=1S/C8H16N2.C4H6O6.3H2O/c1-3-7(9-5-1)8-4-2-6-10-8;5-1(3(7)8)2(6)4(9)10;;;/h7-10H,1-6H2;1-2,5-6H,(H,7,8)(H,9,10);3*1H2/t7-,8-;;;;/m1..../s1. The molecular weight excluding hydrogens is 316 g/mol. The molecule has 2 fully saturated rings. The van der Waals surface area contributed by atoms with E-state index < -0.39 is 24.1 Å². The lowest BCUT2D eigenvalue weighted by Gasteiger charge is -2.17. The van der Waals surface area contributed by atoms with Crippen molar-refractivity contribution in [3.63, 3.8) is 0 Å². The van der Waals surface area contributed by atoms with E-state index in [-0.39, 0.29) is 16.4 Å². The normalized spacial score (nSPS) is 24.6. The monoisotopic (exact) mass is 344 g/mol. The maximum Gasteiger partial charge on any atom is 0.335 e. The van der Waals surface area contributed by atoms with Crippen LogP contribution in [0.25, 0.3) is 0 Å². The second-order valence-corrected chi connectivity index (χ2v) is 4.97. The van der Waals surface area contributed by atoms with Gasteiger partial charge in [0.15, 0.2) is 12.2 Å². The third-order valence-corrected chi connectivity index (χ3v) is 3.49. The molecule has 0 spiro atoms. The summed E-state index contributed by atoms with van der Waals surface area (Å²) in [6.45, 7) is 2.48. The highest BCUT2D eigenvalue weighted by Gasteiger charge is 2.29. The lowest BCUT2D eigenvalue weighted by Crippen LogP contribution is -2.40. The summed E-state index contributed by atoms with van der Waals surface area (Å²) in [5.74, 6) is -3.54. The van der Waals surface area contributed by atoms with Gasteiger partial charge in [0.2, 0.25) is 0 Å². The number of nitrogens with one attached hydrogen (secondary N) is 2. The number of hydrogen-bond donors (Lipinski definition) is 6.